The fourth-order valence-electron chi connectivity index (χ4n) is 2.17. The summed E-state index contributed by atoms with van der Waals surface area (Å²) in [6.45, 7) is 3.88. The van der Waals surface area contributed by atoms with Crippen molar-refractivity contribution in [3.63, 3.8) is 0 Å². The van der Waals surface area contributed by atoms with Crippen LogP contribution in [0.2, 0.25) is 0 Å². The molecule has 7 nitrogen and oxygen atoms in total. The standard InChI is InChI=1S/C18H16N6O/c1-12-6-5-7-13(2)17(12)23-24-18(25)15-8-3-4-9-16(15)22-21-14(10-19)11-20/h3-9,22-23H,1-2H3,(H,24,25). The molecule has 0 atom stereocenters. The van der Waals surface area contributed by atoms with E-state index in [0.717, 1.165) is 16.8 Å². The van der Waals surface area contributed by atoms with Crippen LogP contribution < -0.4 is 16.3 Å². The van der Waals surface area contributed by atoms with Gasteiger partial charge in [0.15, 0.2) is 0 Å². The van der Waals surface area contributed by atoms with Gasteiger partial charge in [0.25, 0.3) is 5.91 Å². The Balaban J connectivity index is 2.16. The van der Waals surface area contributed by atoms with Crippen LogP contribution in [-0.4, -0.2) is 11.6 Å². The molecule has 0 saturated heterocycles. The Kier molecular flexibility index (Phi) is 5.70. The molecular formula is C18H16N6O. The van der Waals surface area contributed by atoms with E-state index < -0.39 is 0 Å². The van der Waals surface area contributed by atoms with Gasteiger partial charge in [0, 0.05) is 0 Å². The highest BCUT2D eigenvalue weighted by molar-refractivity contribution is 6.10. The zero-order chi connectivity index (χ0) is 18.2. The molecule has 2 rings (SSSR count). The smallest absolute Gasteiger partial charge is 0.271 e. The minimum atomic E-state index is -0.378. The molecule has 0 aliphatic rings. The van der Waals surface area contributed by atoms with Crippen molar-refractivity contribution in [1.82, 2.24) is 5.43 Å². The fraction of sp³-hybridized carbons (Fsp3) is 0.111. The third-order valence-electron chi connectivity index (χ3n) is 3.45. The number of hydrogen-bond donors (Lipinski definition) is 3. The Morgan fingerprint density at radius 3 is 2.28 bits per heavy atom. The molecule has 0 aliphatic heterocycles. The number of benzene rings is 2. The van der Waals surface area contributed by atoms with E-state index in [2.05, 4.69) is 21.4 Å². The third-order valence-corrected chi connectivity index (χ3v) is 3.45. The highest BCUT2D eigenvalue weighted by Crippen LogP contribution is 2.19. The van der Waals surface area contributed by atoms with E-state index in [-0.39, 0.29) is 11.6 Å². The second-order valence-corrected chi connectivity index (χ2v) is 5.19. The Bertz CT molecular complexity index is 868. The van der Waals surface area contributed by atoms with Gasteiger partial charge in [-0.1, -0.05) is 30.3 Å². The summed E-state index contributed by atoms with van der Waals surface area (Å²) in [5.74, 6) is -0.378. The molecule has 0 saturated carbocycles. The summed E-state index contributed by atoms with van der Waals surface area (Å²) < 4.78 is 0. The molecule has 0 heterocycles. The number of nitriles is 2. The average molecular weight is 332 g/mol. The molecule has 0 unspecified atom stereocenters. The maximum atomic E-state index is 12.5. The summed E-state index contributed by atoms with van der Waals surface area (Å²) in [5.41, 5.74) is 11.4. The van der Waals surface area contributed by atoms with Crippen molar-refractivity contribution >= 4 is 23.0 Å². The van der Waals surface area contributed by atoms with E-state index in [1.165, 1.54) is 0 Å². The average Bonchev–Trinajstić information content (AvgIpc) is 2.62. The van der Waals surface area contributed by atoms with Crippen LogP contribution in [0.15, 0.2) is 47.6 Å². The summed E-state index contributed by atoms with van der Waals surface area (Å²) in [7, 11) is 0. The number of carbonyl (C=O) groups excluding carboxylic acids is 1. The van der Waals surface area contributed by atoms with Gasteiger partial charge in [-0.2, -0.15) is 15.6 Å². The monoisotopic (exact) mass is 332 g/mol. The van der Waals surface area contributed by atoms with Crippen molar-refractivity contribution in [1.29, 1.82) is 10.5 Å². The van der Waals surface area contributed by atoms with Crippen LogP contribution >= 0.6 is 0 Å². The van der Waals surface area contributed by atoms with Crippen LogP contribution in [0.4, 0.5) is 11.4 Å². The molecule has 0 aromatic heterocycles. The van der Waals surface area contributed by atoms with Crippen LogP contribution in [0.5, 0.6) is 0 Å². The van der Waals surface area contributed by atoms with E-state index in [1.54, 1.807) is 36.4 Å². The van der Waals surface area contributed by atoms with Gasteiger partial charge in [-0.25, -0.2) is 0 Å². The molecule has 2 aromatic rings. The largest absolute Gasteiger partial charge is 0.298 e. The molecule has 25 heavy (non-hydrogen) atoms. The van der Waals surface area contributed by atoms with E-state index in [9.17, 15) is 4.79 Å². The number of rotatable bonds is 5. The van der Waals surface area contributed by atoms with Crippen molar-refractivity contribution in [3.05, 3.63) is 59.2 Å². The number of amides is 1. The molecule has 124 valence electrons. The first-order valence-electron chi connectivity index (χ1n) is 7.42. The van der Waals surface area contributed by atoms with Crippen LogP contribution in [0.1, 0.15) is 21.5 Å². The summed E-state index contributed by atoms with van der Waals surface area (Å²) in [6.07, 6.45) is 0. The number of hydrazine groups is 1. The SMILES string of the molecule is Cc1cccc(C)c1NNC(=O)c1ccccc1NN=C(C#N)C#N. The summed E-state index contributed by atoms with van der Waals surface area (Å²) in [4.78, 5) is 12.5. The van der Waals surface area contributed by atoms with Crippen LogP contribution in [0, 0.1) is 36.5 Å². The Hall–Kier alpha value is -3.84. The van der Waals surface area contributed by atoms with Gasteiger partial charge in [-0.05, 0) is 37.1 Å². The number of hydrazone groups is 1. The van der Waals surface area contributed by atoms with Crippen LogP contribution in [0.3, 0.4) is 0 Å². The predicted molar refractivity (Wildman–Crippen MR) is 95.7 cm³/mol. The van der Waals surface area contributed by atoms with Gasteiger partial charge < -0.3 is 0 Å². The molecule has 0 bridgehead atoms. The molecule has 1 amide bonds. The first kappa shape index (κ1) is 17.5. The Morgan fingerprint density at radius 2 is 1.64 bits per heavy atom. The first-order valence-corrected chi connectivity index (χ1v) is 7.42. The number of para-hydroxylation sites is 2. The maximum absolute atomic E-state index is 12.5. The van der Waals surface area contributed by atoms with Gasteiger partial charge in [-0.15, -0.1) is 0 Å². The number of nitrogens with one attached hydrogen (secondary N) is 3. The predicted octanol–water partition coefficient (Wildman–Crippen LogP) is 2.88. The molecule has 0 radical (unpaired) electrons. The van der Waals surface area contributed by atoms with Crippen molar-refractivity contribution in [2.24, 2.45) is 5.10 Å². The van der Waals surface area contributed by atoms with Gasteiger partial charge >= 0.3 is 0 Å². The topological polar surface area (TPSA) is 113 Å². The highest BCUT2D eigenvalue weighted by Gasteiger charge is 2.11. The second kappa shape index (κ2) is 8.14. The molecule has 3 N–H and O–H groups in total. The lowest BCUT2D eigenvalue weighted by Gasteiger charge is -2.14. The number of carbonyl (C=O) groups is 1. The lowest BCUT2D eigenvalue weighted by atomic mass is 10.1. The van der Waals surface area contributed by atoms with Gasteiger partial charge in [0.1, 0.15) is 12.1 Å². The second-order valence-electron chi connectivity index (χ2n) is 5.19. The van der Waals surface area contributed by atoms with Crippen LogP contribution in [-0.2, 0) is 0 Å². The molecule has 7 heteroatoms. The summed E-state index contributed by atoms with van der Waals surface area (Å²) >= 11 is 0. The summed E-state index contributed by atoms with van der Waals surface area (Å²) in [5, 5.41) is 21.1. The zero-order valence-corrected chi connectivity index (χ0v) is 13.8. The number of nitrogens with zero attached hydrogens (tertiary/aromatic N) is 3. The quantitative estimate of drug-likeness (QED) is 0.575. The van der Waals surface area contributed by atoms with Crippen LogP contribution in [0.25, 0.3) is 0 Å². The first-order chi connectivity index (χ1) is 12.1. The van der Waals surface area contributed by atoms with Gasteiger partial charge in [0.05, 0.1) is 16.9 Å². The molecule has 2 aromatic carbocycles. The maximum Gasteiger partial charge on any atom is 0.271 e. The minimum Gasteiger partial charge on any atom is -0.298 e. The lowest BCUT2D eigenvalue weighted by Crippen LogP contribution is -2.30. The normalized spacial score (nSPS) is 9.28. The number of aryl methyl sites for hydroxylation is 2. The Morgan fingerprint density at radius 1 is 1.00 bits per heavy atom. The lowest BCUT2D eigenvalue weighted by molar-refractivity contribution is 0.0963. The molecule has 0 spiro atoms. The van der Waals surface area contributed by atoms with Crippen molar-refractivity contribution in [2.75, 3.05) is 10.9 Å². The third kappa shape index (κ3) is 4.34. The zero-order valence-electron chi connectivity index (χ0n) is 13.8. The molecule has 0 aliphatic carbocycles. The van der Waals surface area contributed by atoms with Crippen molar-refractivity contribution in [3.8, 4) is 12.1 Å². The van der Waals surface area contributed by atoms with E-state index in [0.29, 0.717) is 11.3 Å². The van der Waals surface area contributed by atoms with Crippen molar-refractivity contribution < 1.29 is 4.79 Å². The fourth-order valence-corrected chi connectivity index (χ4v) is 2.17. The van der Waals surface area contributed by atoms with Crippen molar-refractivity contribution in [2.45, 2.75) is 13.8 Å². The number of anilines is 2. The van der Waals surface area contributed by atoms with E-state index in [1.807, 2.05) is 32.0 Å². The number of hydrogen-bond acceptors (Lipinski definition) is 6. The Labute approximate surface area is 145 Å². The summed E-state index contributed by atoms with van der Waals surface area (Å²) in [6, 6.07) is 15.8. The molecular weight excluding hydrogens is 316 g/mol. The molecule has 0 fully saturated rings. The minimum absolute atomic E-state index is 0.320. The van der Waals surface area contributed by atoms with E-state index in [4.69, 9.17) is 10.5 Å². The van der Waals surface area contributed by atoms with E-state index >= 15 is 0 Å². The highest BCUT2D eigenvalue weighted by atomic mass is 16.2. The van der Waals surface area contributed by atoms with Gasteiger partial charge in [0.2, 0.25) is 5.71 Å². The van der Waals surface area contributed by atoms with Gasteiger partial charge in [-0.3, -0.25) is 21.1 Å².